The Hall–Kier alpha value is -1.37. The second-order valence-corrected chi connectivity index (χ2v) is 4.38. The van der Waals surface area contributed by atoms with Crippen LogP contribution in [0.4, 0.5) is 0 Å². The predicted molar refractivity (Wildman–Crippen MR) is 64.5 cm³/mol. The van der Waals surface area contributed by atoms with Crippen LogP contribution in [0.2, 0.25) is 10.0 Å². The van der Waals surface area contributed by atoms with Crippen LogP contribution in [0, 0.1) is 11.3 Å². The van der Waals surface area contributed by atoms with Gasteiger partial charge in [-0.05, 0) is 17.7 Å². The number of halogens is 2. The van der Waals surface area contributed by atoms with Gasteiger partial charge in [-0.1, -0.05) is 29.3 Å². The summed E-state index contributed by atoms with van der Waals surface area (Å²) >= 11 is 11.7. The minimum atomic E-state index is -0.408. The van der Waals surface area contributed by atoms with E-state index in [-0.39, 0.29) is 5.92 Å². The minimum absolute atomic E-state index is 0.338. The predicted octanol–water partition coefficient (Wildman–Crippen LogP) is 3.83. The third-order valence-electron chi connectivity index (χ3n) is 2.45. The van der Waals surface area contributed by atoms with Crippen molar-refractivity contribution >= 4 is 23.2 Å². The van der Waals surface area contributed by atoms with Crippen molar-refractivity contribution in [3.63, 3.8) is 0 Å². The Labute approximate surface area is 109 Å². The Morgan fingerprint density at radius 1 is 1.24 bits per heavy atom. The zero-order valence-electron chi connectivity index (χ0n) is 8.77. The van der Waals surface area contributed by atoms with Crippen LogP contribution in [0.1, 0.15) is 17.9 Å². The lowest BCUT2D eigenvalue weighted by Crippen LogP contribution is -2.12. The SMILES string of the molecule is N#CC(CC1OC=CO1)c1ccc(Cl)c(Cl)c1. The van der Waals surface area contributed by atoms with Gasteiger partial charge < -0.3 is 9.47 Å². The van der Waals surface area contributed by atoms with E-state index in [0.717, 1.165) is 5.56 Å². The molecular formula is C12H9Cl2NO2. The highest BCUT2D eigenvalue weighted by Crippen LogP contribution is 2.29. The molecule has 0 N–H and O–H groups in total. The molecule has 0 saturated carbocycles. The molecule has 88 valence electrons. The van der Waals surface area contributed by atoms with E-state index < -0.39 is 6.29 Å². The summed E-state index contributed by atoms with van der Waals surface area (Å²) in [6.45, 7) is 0. The maximum atomic E-state index is 9.14. The van der Waals surface area contributed by atoms with E-state index in [9.17, 15) is 0 Å². The monoisotopic (exact) mass is 269 g/mol. The molecule has 0 saturated heterocycles. The molecule has 0 aromatic heterocycles. The Kier molecular flexibility index (Phi) is 3.78. The Bertz CT molecular complexity index is 474. The van der Waals surface area contributed by atoms with Crippen molar-refractivity contribution < 1.29 is 9.47 Å². The number of ether oxygens (including phenoxy) is 2. The molecule has 1 unspecified atom stereocenters. The molecule has 17 heavy (non-hydrogen) atoms. The summed E-state index contributed by atoms with van der Waals surface area (Å²) in [5.74, 6) is -0.338. The van der Waals surface area contributed by atoms with Gasteiger partial charge in [0.25, 0.3) is 0 Å². The molecule has 0 radical (unpaired) electrons. The minimum Gasteiger partial charge on any atom is -0.459 e. The van der Waals surface area contributed by atoms with Crippen molar-refractivity contribution in [3.05, 3.63) is 46.3 Å². The van der Waals surface area contributed by atoms with E-state index in [1.54, 1.807) is 18.2 Å². The molecule has 0 fully saturated rings. The molecule has 1 aromatic carbocycles. The summed E-state index contributed by atoms with van der Waals surface area (Å²) in [6, 6.07) is 7.36. The zero-order chi connectivity index (χ0) is 12.3. The maximum Gasteiger partial charge on any atom is 0.241 e. The van der Waals surface area contributed by atoms with E-state index in [1.807, 2.05) is 0 Å². The van der Waals surface area contributed by atoms with Gasteiger partial charge in [-0.25, -0.2) is 0 Å². The van der Waals surface area contributed by atoms with Crippen LogP contribution in [-0.2, 0) is 9.47 Å². The molecule has 0 spiro atoms. The number of hydrogen-bond donors (Lipinski definition) is 0. The lowest BCUT2D eigenvalue weighted by atomic mass is 9.97. The summed E-state index contributed by atoms with van der Waals surface area (Å²) < 4.78 is 10.3. The second-order valence-electron chi connectivity index (χ2n) is 3.56. The number of rotatable bonds is 3. The van der Waals surface area contributed by atoms with Crippen molar-refractivity contribution in [2.75, 3.05) is 0 Å². The summed E-state index contributed by atoms with van der Waals surface area (Å²) in [4.78, 5) is 0. The van der Waals surface area contributed by atoms with Gasteiger partial charge in [0.05, 0.1) is 22.0 Å². The van der Waals surface area contributed by atoms with Gasteiger partial charge in [-0.3, -0.25) is 0 Å². The Morgan fingerprint density at radius 2 is 1.94 bits per heavy atom. The topological polar surface area (TPSA) is 42.2 Å². The molecule has 0 aliphatic carbocycles. The lowest BCUT2D eigenvalue weighted by molar-refractivity contribution is -0.0297. The van der Waals surface area contributed by atoms with Gasteiger partial charge in [0, 0.05) is 6.42 Å². The van der Waals surface area contributed by atoms with Crippen LogP contribution in [0.25, 0.3) is 0 Å². The lowest BCUT2D eigenvalue weighted by Gasteiger charge is -2.14. The standard InChI is InChI=1S/C12H9Cl2NO2/c13-10-2-1-8(5-11(10)14)9(7-15)6-12-16-3-4-17-12/h1-5,9,12H,6H2. The van der Waals surface area contributed by atoms with Crippen LogP contribution < -0.4 is 0 Å². The van der Waals surface area contributed by atoms with Crippen LogP contribution in [-0.4, -0.2) is 6.29 Å². The van der Waals surface area contributed by atoms with Crippen LogP contribution in [0.15, 0.2) is 30.7 Å². The normalized spacial score (nSPS) is 16.1. The molecule has 1 aromatic rings. The van der Waals surface area contributed by atoms with E-state index in [2.05, 4.69) is 6.07 Å². The smallest absolute Gasteiger partial charge is 0.241 e. The first-order valence-corrected chi connectivity index (χ1v) is 5.77. The van der Waals surface area contributed by atoms with Gasteiger partial charge in [0.15, 0.2) is 0 Å². The van der Waals surface area contributed by atoms with E-state index in [1.165, 1.54) is 12.5 Å². The average Bonchev–Trinajstić information content (AvgIpc) is 2.82. The first kappa shape index (κ1) is 12.1. The average molecular weight is 270 g/mol. The number of benzene rings is 1. The van der Waals surface area contributed by atoms with Gasteiger partial charge in [0.2, 0.25) is 6.29 Å². The van der Waals surface area contributed by atoms with Gasteiger partial charge in [-0.15, -0.1) is 0 Å². The summed E-state index contributed by atoms with van der Waals surface area (Å²) in [7, 11) is 0. The van der Waals surface area contributed by atoms with Crippen molar-refractivity contribution in [3.8, 4) is 6.07 Å². The van der Waals surface area contributed by atoms with E-state index in [0.29, 0.717) is 16.5 Å². The number of hydrogen-bond acceptors (Lipinski definition) is 3. The Balaban J connectivity index is 2.12. The molecule has 0 amide bonds. The van der Waals surface area contributed by atoms with Crippen molar-refractivity contribution in [2.45, 2.75) is 18.6 Å². The van der Waals surface area contributed by atoms with E-state index >= 15 is 0 Å². The van der Waals surface area contributed by atoms with Crippen LogP contribution in [0.5, 0.6) is 0 Å². The molecule has 0 bridgehead atoms. The molecular weight excluding hydrogens is 261 g/mol. The largest absolute Gasteiger partial charge is 0.459 e. The first-order valence-electron chi connectivity index (χ1n) is 5.01. The highest BCUT2D eigenvalue weighted by molar-refractivity contribution is 6.42. The molecule has 1 aliphatic rings. The quantitative estimate of drug-likeness (QED) is 0.838. The molecule has 2 rings (SSSR count). The Morgan fingerprint density at radius 3 is 2.53 bits per heavy atom. The summed E-state index contributed by atoms with van der Waals surface area (Å²) in [6.07, 6.45) is 2.97. The highest BCUT2D eigenvalue weighted by atomic mass is 35.5. The van der Waals surface area contributed by atoms with Crippen molar-refractivity contribution in [1.82, 2.24) is 0 Å². The molecule has 1 atom stereocenters. The van der Waals surface area contributed by atoms with E-state index in [4.69, 9.17) is 37.9 Å². The summed E-state index contributed by atoms with van der Waals surface area (Å²) in [5.41, 5.74) is 0.806. The van der Waals surface area contributed by atoms with Crippen molar-refractivity contribution in [2.24, 2.45) is 0 Å². The zero-order valence-corrected chi connectivity index (χ0v) is 10.3. The van der Waals surface area contributed by atoms with Crippen LogP contribution >= 0.6 is 23.2 Å². The van der Waals surface area contributed by atoms with Gasteiger partial charge in [0.1, 0.15) is 12.5 Å². The number of nitriles is 1. The first-order chi connectivity index (χ1) is 8.20. The fraction of sp³-hybridized carbons (Fsp3) is 0.250. The third kappa shape index (κ3) is 2.85. The molecule has 5 heteroatoms. The fourth-order valence-electron chi connectivity index (χ4n) is 1.57. The van der Waals surface area contributed by atoms with Gasteiger partial charge in [-0.2, -0.15) is 5.26 Å². The highest BCUT2D eigenvalue weighted by Gasteiger charge is 2.21. The fourth-order valence-corrected chi connectivity index (χ4v) is 1.87. The second kappa shape index (κ2) is 5.31. The molecule has 1 heterocycles. The van der Waals surface area contributed by atoms with Crippen molar-refractivity contribution in [1.29, 1.82) is 5.26 Å². The van der Waals surface area contributed by atoms with Gasteiger partial charge >= 0.3 is 0 Å². The maximum absolute atomic E-state index is 9.14. The number of nitrogens with zero attached hydrogens (tertiary/aromatic N) is 1. The molecule has 3 nitrogen and oxygen atoms in total. The third-order valence-corrected chi connectivity index (χ3v) is 3.19. The van der Waals surface area contributed by atoms with Crippen LogP contribution in [0.3, 0.4) is 0 Å². The summed E-state index contributed by atoms with van der Waals surface area (Å²) in [5, 5.41) is 10.1. The molecule has 1 aliphatic heterocycles.